The maximum Gasteiger partial charge on any atom is 0.373 e. The summed E-state index contributed by atoms with van der Waals surface area (Å²) in [6, 6.07) is 20.6. The number of rotatable bonds is 14. The van der Waals surface area contributed by atoms with E-state index in [9.17, 15) is 52.9 Å². The van der Waals surface area contributed by atoms with Crippen LogP contribution in [0.4, 0.5) is 8.78 Å². The molecule has 2 aliphatic rings. The van der Waals surface area contributed by atoms with Crippen molar-refractivity contribution in [2.45, 2.75) is 45.8 Å². The third kappa shape index (κ3) is 10.5. The zero-order valence-corrected chi connectivity index (χ0v) is 39.3. The van der Waals surface area contributed by atoms with Crippen LogP contribution in [0.25, 0.3) is 34.5 Å². The highest BCUT2D eigenvalue weighted by Gasteiger charge is 2.33. The molecular weight excluding hydrogens is 955 g/mol. The van der Waals surface area contributed by atoms with E-state index in [0.717, 1.165) is 27.1 Å². The molecule has 0 aliphatic carbocycles. The van der Waals surface area contributed by atoms with Gasteiger partial charge in [-0.3, -0.25) is 38.3 Å². The van der Waals surface area contributed by atoms with Gasteiger partial charge in [-0.05, 0) is 61.7 Å². The Morgan fingerprint density at radius 2 is 1.25 bits per heavy atom. The molecule has 7 aromatic rings. The highest BCUT2D eigenvalue weighted by molar-refractivity contribution is 6.05. The zero-order valence-electron chi connectivity index (χ0n) is 39.3. The molecule has 19 nitrogen and oxygen atoms in total. The van der Waals surface area contributed by atoms with E-state index in [1.165, 1.54) is 57.6 Å². The summed E-state index contributed by atoms with van der Waals surface area (Å²) in [5.74, 6) is -6.08. The van der Waals surface area contributed by atoms with Crippen LogP contribution in [-0.2, 0) is 33.8 Å². The first-order chi connectivity index (χ1) is 34.9. The number of nitrogens with zero attached hydrogens (tertiary/aromatic N) is 4. The topological polar surface area (TPSA) is 260 Å². The molecule has 0 atom stereocenters. The summed E-state index contributed by atoms with van der Waals surface area (Å²) in [5, 5.41) is 35.1. The minimum atomic E-state index is -1.41. The van der Waals surface area contributed by atoms with Crippen LogP contribution in [0.5, 0.6) is 23.0 Å². The average molecular weight is 999 g/mol. The number of nitrogens with one attached hydrogen (secondary N) is 2. The quantitative estimate of drug-likeness (QED) is 0.0852. The zero-order chi connectivity index (χ0) is 52.3. The second kappa shape index (κ2) is 20.6. The molecule has 0 bridgehead atoms. The van der Waals surface area contributed by atoms with Gasteiger partial charge in [-0.1, -0.05) is 54.6 Å². The molecule has 0 saturated carbocycles. The molecule has 6 heterocycles. The predicted molar refractivity (Wildman–Crippen MR) is 259 cm³/mol. The Kier molecular flexibility index (Phi) is 14.2. The molecule has 0 spiro atoms. The third-order valence-electron chi connectivity index (χ3n) is 11.2. The number of halogens is 2. The fourth-order valence-corrected chi connectivity index (χ4v) is 7.76. The van der Waals surface area contributed by atoms with Crippen LogP contribution in [0.3, 0.4) is 0 Å². The van der Waals surface area contributed by atoms with E-state index < -0.39 is 74.7 Å². The first-order valence-electron chi connectivity index (χ1n) is 22.3. The SMILES string of the molecule is CCOC(=O)c1c(OCc2ccccc2)c2ncc(Cc3ccc(F)cc3)c3c2n(c1=O)C=C(C(=O)O)O3.CNC(=O)c1c(O)c2ncc(Cc3ccc(F)cc3)c3c2n(c1=O)C=C(C(=O)NCC(C)(C)O)O3. The summed E-state index contributed by atoms with van der Waals surface area (Å²) in [6.07, 6.45) is 5.36. The molecule has 0 radical (unpaired) electrons. The lowest BCUT2D eigenvalue weighted by Crippen LogP contribution is -2.40. The van der Waals surface area contributed by atoms with E-state index in [1.54, 1.807) is 31.2 Å². The number of benzene rings is 3. The van der Waals surface area contributed by atoms with Gasteiger partial charge in [0.1, 0.15) is 45.9 Å². The molecule has 5 N–H and O–H groups in total. The van der Waals surface area contributed by atoms with E-state index in [4.69, 9.17) is 18.9 Å². The number of pyridine rings is 4. The number of ether oxygens (including phenoxy) is 4. The van der Waals surface area contributed by atoms with Crippen molar-refractivity contribution in [3.05, 3.63) is 174 Å². The van der Waals surface area contributed by atoms with Gasteiger partial charge in [0.15, 0.2) is 28.6 Å². The second-order valence-electron chi connectivity index (χ2n) is 17.1. The van der Waals surface area contributed by atoms with Gasteiger partial charge in [-0.25, -0.2) is 18.4 Å². The molecule has 2 aliphatic heterocycles. The number of amides is 2. The van der Waals surface area contributed by atoms with Crippen molar-refractivity contribution in [2.24, 2.45) is 0 Å². The van der Waals surface area contributed by atoms with Crippen LogP contribution < -0.4 is 36.0 Å². The maximum atomic E-state index is 13.6. The van der Waals surface area contributed by atoms with Crippen LogP contribution >= 0.6 is 0 Å². The van der Waals surface area contributed by atoms with Gasteiger partial charge >= 0.3 is 11.9 Å². The highest BCUT2D eigenvalue weighted by atomic mass is 19.1. The molecule has 21 heteroatoms. The summed E-state index contributed by atoms with van der Waals surface area (Å²) < 4.78 is 51.5. The van der Waals surface area contributed by atoms with E-state index in [-0.39, 0.29) is 77.7 Å². The van der Waals surface area contributed by atoms with E-state index in [2.05, 4.69) is 20.6 Å². The Bertz CT molecular complexity index is 3550. The predicted octanol–water partition coefficient (Wildman–Crippen LogP) is 5.43. The van der Waals surface area contributed by atoms with Crippen molar-refractivity contribution >= 4 is 58.2 Å². The summed E-state index contributed by atoms with van der Waals surface area (Å²) in [5.41, 5.74) is -0.555. The molecule has 0 unspecified atom stereocenters. The number of carbonyl (C=O) groups excluding carboxylic acids is 3. The number of carboxylic acid groups (broad SMARTS) is 1. The number of aromatic nitrogens is 4. The molecule has 4 aromatic heterocycles. The lowest BCUT2D eigenvalue weighted by atomic mass is 10.0. The molecule has 3 aromatic carbocycles. The Balaban J connectivity index is 0.000000196. The summed E-state index contributed by atoms with van der Waals surface area (Å²) >= 11 is 0. The van der Waals surface area contributed by atoms with Crippen molar-refractivity contribution in [3.8, 4) is 23.0 Å². The number of aliphatic hydroxyl groups is 1. The summed E-state index contributed by atoms with van der Waals surface area (Å²) in [7, 11) is 1.31. The third-order valence-corrected chi connectivity index (χ3v) is 11.2. The maximum absolute atomic E-state index is 13.6. The van der Waals surface area contributed by atoms with Crippen molar-refractivity contribution in [2.75, 3.05) is 20.2 Å². The van der Waals surface area contributed by atoms with Crippen molar-refractivity contribution < 1.29 is 62.2 Å². The molecule has 73 heavy (non-hydrogen) atoms. The van der Waals surface area contributed by atoms with Gasteiger partial charge in [-0.2, -0.15) is 0 Å². The van der Waals surface area contributed by atoms with Crippen LogP contribution in [0, 0.1) is 11.6 Å². The fraction of sp³-hybridized carbons (Fsp3) is 0.192. The standard InChI is InChI=1S/C28H21FN2O7.C24H23FN4O6/c1-2-36-28(35)21-25(37-15-17-6-4-3-5-7-17)22-23-24(38-20(27(33)34)14-31(23)26(21)32)18(13-30-22)12-16-8-10-19(29)11-9-16;1-24(2,34)11-28-21(31)15-10-29-18-17(19(30)16(23(29)33)22(32)26-3)27-9-13(20(18)35-15)8-12-4-6-14(25)7-5-12/h3-11,13-14H,2,12,15H2,1H3,(H,33,34);4-7,9-10,30,34H,8,11H2,1-3H3,(H,26,32)(H,28,31). The summed E-state index contributed by atoms with van der Waals surface area (Å²) in [4.78, 5) is 85.5. The van der Waals surface area contributed by atoms with Crippen LogP contribution in [-0.4, -0.2) is 84.0 Å². The number of hydrogen-bond donors (Lipinski definition) is 5. The van der Waals surface area contributed by atoms with Gasteiger partial charge in [0.25, 0.3) is 22.9 Å². The van der Waals surface area contributed by atoms with Crippen molar-refractivity contribution in [1.29, 1.82) is 0 Å². The largest absolute Gasteiger partial charge is 0.505 e. The fourth-order valence-electron chi connectivity index (χ4n) is 7.76. The van der Waals surface area contributed by atoms with Crippen molar-refractivity contribution in [1.82, 2.24) is 29.7 Å². The van der Waals surface area contributed by atoms with Gasteiger partial charge in [-0.15, -0.1) is 0 Å². The van der Waals surface area contributed by atoms with E-state index in [0.29, 0.717) is 22.3 Å². The molecule has 0 fully saturated rings. The Labute approximate surface area is 412 Å². The number of hydrogen-bond acceptors (Lipinski definition) is 14. The molecule has 374 valence electrons. The van der Waals surface area contributed by atoms with Gasteiger partial charge in [0.05, 0.1) is 24.6 Å². The summed E-state index contributed by atoms with van der Waals surface area (Å²) in [6.45, 7) is 4.55. The Morgan fingerprint density at radius 3 is 1.78 bits per heavy atom. The van der Waals surface area contributed by atoms with Gasteiger partial charge < -0.3 is 44.9 Å². The van der Waals surface area contributed by atoms with Gasteiger partial charge in [0.2, 0.25) is 11.5 Å². The van der Waals surface area contributed by atoms with Crippen LogP contribution in [0.1, 0.15) is 69.3 Å². The molecule has 2 amide bonds. The molecule has 0 saturated heterocycles. The minimum Gasteiger partial charge on any atom is -0.505 e. The average Bonchev–Trinajstić information content (AvgIpc) is 3.37. The van der Waals surface area contributed by atoms with E-state index in [1.807, 2.05) is 30.3 Å². The van der Waals surface area contributed by atoms with E-state index >= 15 is 0 Å². The first-order valence-corrected chi connectivity index (χ1v) is 22.3. The van der Waals surface area contributed by atoms with Crippen LogP contribution in [0.15, 0.2) is 112 Å². The number of aliphatic carboxylic acids is 1. The Morgan fingerprint density at radius 1 is 0.726 bits per heavy atom. The lowest BCUT2D eigenvalue weighted by Gasteiger charge is -2.24. The number of esters is 1. The molecule has 9 rings (SSSR count). The second-order valence-corrected chi connectivity index (χ2v) is 17.1. The number of carbonyl (C=O) groups is 4. The first kappa shape index (κ1) is 50.2. The minimum absolute atomic E-state index is 0.00302. The van der Waals surface area contributed by atoms with Gasteiger partial charge in [0, 0.05) is 50.0 Å². The van der Waals surface area contributed by atoms with Crippen LogP contribution in [0.2, 0.25) is 0 Å². The number of carboxylic acids is 1. The lowest BCUT2D eigenvalue weighted by molar-refractivity contribution is -0.135. The Hall–Kier alpha value is -9.24. The monoisotopic (exact) mass is 998 g/mol. The normalized spacial score (nSPS) is 12.3. The number of aromatic hydroxyl groups is 1. The van der Waals surface area contributed by atoms with Crippen molar-refractivity contribution in [3.63, 3.8) is 0 Å². The highest BCUT2D eigenvalue weighted by Crippen LogP contribution is 2.40. The molecular formula is C52H44F2N6O13. The smallest absolute Gasteiger partial charge is 0.373 e.